The predicted molar refractivity (Wildman–Crippen MR) is 55.7 cm³/mol. The molecule has 1 aromatic rings. The summed E-state index contributed by atoms with van der Waals surface area (Å²) in [6.45, 7) is 1.87. The second-order valence-electron chi connectivity index (χ2n) is 3.78. The van der Waals surface area contributed by atoms with Crippen molar-refractivity contribution in [1.82, 2.24) is 4.90 Å². The lowest BCUT2D eigenvalue weighted by Crippen LogP contribution is -2.55. The molecule has 0 aliphatic carbocycles. The van der Waals surface area contributed by atoms with E-state index in [1.807, 2.05) is 29.2 Å². The van der Waals surface area contributed by atoms with Crippen molar-refractivity contribution in [3.63, 3.8) is 0 Å². The summed E-state index contributed by atoms with van der Waals surface area (Å²) in [5, 5.41) is 3.31. The Morgan fingerprint density at radius 1 is 1.40 bits per heavy atom. The quantitative estimate of drug-likeness (QED) is 0.683. The highest BCUT2D eigenvalue weighted by molar-refractivity contribution is 6.01. The van der Waals surface area contributed by atoms with Crippen molar-refractivity contribution in [3.05, 3.63) is 29.8 Å². The molecule has 0 bridgehead atoms. The van der Waals surface area contributed by atoms with Gasteiger partial charge in [-0.15, -0.1) is 0 Å². The number of benzene rings is 1. The molecule has 1 saturated heterocycles. The van der Waals surface area contributed by atoms with Crippen LogP contribution in [0.15, 0.2) is 24.3 Å². The summed E-state index contributed by atoms with van der Waals surface area (Å²) >= 11 is 0. The Hall–Kier alpha value is -1.55. The summed E-state index contributed by atoms with van der Waals surface area (Å²) in [4.78, 5) is 13.9. The van der Waals surface area contributed by atoms with Gasteiger partial charge in [0.15, 0.2) is 0 Å². The molecule has 0 radical (unpaired) electrons. The van der Waals surface area contributed by atoms with Crippen molar-refractivity contribution in [2.75, 3.05) is 25.1 Å². The number of hydrogen-bond donors (Lipinski definition) is 1. The summed E-state index contributed by atoms with van der Waals surface area (Å²) in [6.07, 6.45) is 0.00106. The molecule has 1 atom stereocenters. The molecule has 15 heavy (non-hydrogen) atoms. The van der Waals surface area contributed by atoms with E-state index in [-0.39, 0.29) is 12.1 Å². The minimum atomic E-state index is 0.00106. The van der Waals surface area contributed by atoms with E-state index < -0.39 is 0 Å². The van der Waals surface area contributed by atoms with Gasteiger partial charge in [0, 0.05) is 12.2 Å². The fourth-order valence-electron chi connectivity index (χ4n) is 2.10. The summed E-state index contributed by atoms with van der Waals surface area (Å²) in [5.74, 6) is 0.109. The van der Waals surface area contributed by atoms with Crippen LogP contribution in [0.2, 0.25) is 0 Å². The minimum absolute atomic E-state index is 0.00106. The number of amides is 1. The van der Waals surface area contributed by atoms with Crippen LogP contribution < -0.4 is 5.32 Å². The van der Waals surface area contributed by atoms with E-state index in [0.29, 0.717) is 19.8 Å². The molecule has 1 fully saturated rings. The van der Waals surface area contributed by atoms with E-state index in [9.17, 15) is 4.79 Å². The summed E-state index contributed by atoms with van der Waals surface area (Å²) in [6, 6.07) is 7.60. The minimum Gasteiger partial charge on any atom is -0.376 e. The maximum Gasteiger partial charge on any atom is 0.257 e. The number of rotatable bonds is 0. The van der Waals surface area contributed by atoms with Gasteiger partial charge in [-0.3, -0.25) is 4.79 Å². The number of fused-ring (bicyclic) bond motifs is 2. The van der Waals surface area contributed by atoms with E-state index in [1.165, 1.54) is 0 Å². The molecule has 2 aliphatic heterocycles. The maximum absolute atomic E-state index is 12.1. The molecule has 1 N–H and O–H groups in total. The van der Waals surface area contributed by atoms with Gasteiger partial charge in [0.05, 0.1) is 18.8 Å². The van der Waals surface area contributed by atoms with Crippen LogP contribution in [0.1, 0.15) is 10.4 Å². The number of ether oxygens (including phenoxy) is 1. The molecule has 78 valence electrons. The summed E-state index contributed by atoms with van der Waals surface area (Å²) in [5.41, 5.74) is 1.67. The molecule has 0 spiro atoms. The Kier molecular flexibility index (Phi) is 1.89. The van der Waals surface area contributed by atoms with Gasteiger partial charge >= 0.3 is 0 Å². The van der Waals surface area contributed by atoms with Gasteiger partial charge in [0.1, 0.15) is 6.17 Å². The normalized spacial score (nSPS) is 24.1. The average Bonchev–Trinajstić information content (AvgIpc) is 2.30. The lowest BCUT2D eigenvalue weighted by Gasteiger charge is -2.40. The Morgan fingerprint density at radius 2 is 2.27 bits per heavy atom. The second kappa shape index (κ2) is 3.24. The first-order valence-corrected chi connectivity index (χ1v) is 5.10. The number of nitrogens with one attached hydrogen (secondary N) is 1. The van der Waals surface area contributed by atoms with Crippen LogP contribution in [0.4, 0.5) is 5.69 Å². The van der Waals surface area contributed by atoms with Gasteiger partial charge in [0.2, 0.25) is 0 Å². The number of carbonyl (C=O) groups excluding carboxylic acids is 1. The molecular weight excluding hydrogens is 192 g/mol. The number of carbonyl (C=O) groups is 1. The van der Waals surface area contributed by atoms with Gasteiger partial charge in [-0.1, -0.05) is 12.1 Å². The fourth-order valence-corrected chi connectivity index (χ4v) is 2.10. The van der Waals surface area contributed by atoms with Crippen LogP contribution in [0.3, 0.4) is 0 Å². The molecule has 2 aliphatic rings. The van der Waals surface area contributed by atoms with E-state index in [0.717, 1.165) is 11.3 Å². The lowest BCUT2D eigenvalue weighted by molar-refractivity contribution is 0.00407. The summed E-state index contributed by atoms with van der Waals surface area (Å²) in [7, 11) is 0. The van der Waals surface area contributed by atoms with Crippen molar-refractivity contribution in [3.8, 4) is 0 Å². The monoisotopic (exact) mass is 204 g/mol. The zero-order valence-corrected chi connectivity index (χ0v) is 8.27. The molecule has 3 rings (SSSR count). The van der Waals surface area contributed by atoms with E-state index in [4.69, 9.17) is 4.74 Å². The SMILES string of the molecule is O=C1c2ccccc2NC2COCCN12. The van der Waals surface area contributed by atoms with Gasteiger partial charge < -0.3 is 15.0 Å². The largest absolute Gasteiger partial charge is 0.376 e. The Bertz CT molecular complexity index is 405. The van der Waals surface area contributed by atoms with Crippen LogP contribution in [-0.2, 0) is 4.74 Å². The fraction of sp³-hybridized carbons (Fsp3) is 0.364. The molecule has 1 unspecified atom stereocenters. The van der Waals surface area contributed by atoms with Gasteiger partial charge in [0.25, 0.3) is 5.91 Å². The Labute approximate surface area is 87.8 Å². The predicted octanol–water partition coefficient (Wildman–Crippen LogP) is 0.911. The number of anilines is 1. The highest BCUT2D eigenvalue weighted by atomic mass is 16.5. The van der Waals surface area contributed by atoms with E-state index in [2.05, 4.69) is 5.32 Å². The first kappa shape index (κ1) is 8.73. The van der Waals surface area contributed by atoms with Crippen LogP contribution in [0.25, 0.3) is 0 Å². The third kappa shape index (κ3) is 1.29. The standard InChI is InChI=1S/C11H12N2O2/c14-11-8-3-1-2-4-9(8)12-10-7-15-6-5-13(10)11/h1-4,10,12H,5-7H2. The van der Waals surface area contributed by atoms with Gasteiger partial charge in [-0.25, -0.2) is 0 Å². The molecule has 0 saturated carbocycles. The smallest absolute Gasteiger partial charge is 0.257 e. The Morgan fingerprint density at radius 3 is 3.20 bits per heavy atom. The van der Waals surface area contributed by atoms with Crippen LogP contribution in [0.5, 0.6) is 0 Å². The average molecular weight is 204 g/mol. The number of morpholine rings is 1. The molecule has 4 nitrogen and oxygen atoms in total. The number of hydrogen-bond acceptors (Lipinski definition) is 3. The van der Waals surface area contributed by atoms with Crippen molar-refractivity contribution in [1.29, 1.82) is 0 Å². The van der Waals surface area contributed by atoms with Gasteiger partial charge in [-0.2, -0.15) is 0 Å². The Balaban J connectivity index is 2.02. The summed E-state index contributed by atoms with van der Waals surface area (Å²) < 4.78 is 5.35. The number of nitrogens with zero attached hydrogens (tertiary/aromatic N) is 1. The second-order valence-corrected chi connectivity index (χ2v) is 3.78. The van der Waals surface area contributed by atoms with Crippen LogP contribution in [0, 0.1) is 0 Å². The first-order chi connectivity index (χ1) is 7.36. The zero-order valence-electron chi connectivity index (χ0n) is 8.27. The third-order valence-electron chi connectivity index (χ3n) is 2.87. The van der Waals surface area contributed by atoms with Gasteiger partial charge in [-0.05, 0) is 12.1 Å². The molecule has 1 amide bonds. The maximum atomic E-state index is 12.1. The van der Waals surface area contributed by atoms with Crippen LogP contribution >= 0.6 is 0 Å². The topological polar surface area (TPSA) is 41.6 Å². The number of para-hydroxylation sites is 1. The highest BCUT2D eigenvalue weighted by Crippen LogP contribution is 2.26. The molecule has 2 heterocycles. The molecule has 0 aromatic heterocycles. The molecular formula is C11H12N2O2. The van der Waals surface area contributed by atoms with E-state index >= 15 is 0 Å². The highest BCUT2D eigenvalue weighted by Gasteiger charge is 2.33. The third-order valence-corrected chi connectivity index (χ3v) is 2.87. The van der Waals surface area contributed by atoms with Crippen molar-refractivity contribution in [2.24, 2.45) is 0 Å². The van der Waals surface area contributed by atoms with Crippen molar-refractivity contribution < 1.29 is 9.53 Å². The van der Waals surface area contributed by atoms with Crippen molar-refractivity contribution >= 4 is 11.6 Å². The van der Waals surface area contributed by atoms with Crippen molar-refractivity contribution in [2.45, 2.75) is 6.17 Å². The lowest BCUT2D eigenvalue weighted by atomic mass is 10.1. The molecule has 1 aromatic carbocycles. The van der Waals surface area contributed by atoms with E-state index in [1.54, 1.807) is 0 Å². The molecule has 4 heteroatoms. The van der Waals surface area contributed by atoms with Crippen LogP contribution in [-0.4, -0.2) is 36.7 Å². The zero-order chi connectivity index (χ0) is 10.3. The first-order valence-electron chi connectivity index (χ1n) is 5.10.